The van der Waals surface area contributed by atoms with Gasteiger partial charge in [0.15, 0.2) is 17.5 Å². The lowest BCUT2D eigenvalue weighted by molar-refractivity contribution is 0.769. The molecule has 13 rings (SSSR count). The number of aromatic nitrogens is 3. The van der Waals surface area contributed by atoms with E-state index in [1.165, 1.54) is 65.7 Å². The van der Waals surface area contributed by atoms with E-state index in [-0.39, 0.29) is 0 Å². The number of rotatable bonds is 7. The first-order chi connectivity index (χ1) is 33.2. The van der Waals surface area contributed by atoms with Crippen molar-refractivity contribution in [3.8, 4) is 67.5 Å². The monoisotopic (exact) mass is 851 g/mol. The van der Waals surface area contributed by atoms with E-state index in [0.717, 1.165) is 38.9 Å². The Morgan fingerprint density at radius 2 is 0.612 bits per heavy atom. The Balaban J connectivity index is 0.989. The Morgan fingerprint density at radius 1 is 0.224 bits per heavy atom. The number of hydrogen-bond acceptors (Lipinski definition) is 3. The number of fused-ring (bicyclic) bond motifs is 9. The molecule has 12 aromatic rings. The molecule has 0 saturated heterocycles. The Hall–Kier alpha value is -8.79. The van der Waals surface area contributed by atoms with Crippen LogP contribution in [0.2, 0.25) is 0 Å². The van der Waals surface area contributed by atoms with Gasteiger partial charge >= 0.3 is 0 Å². The fraction of sp³-hybridized carbons (Fsp3) is 0.0156. The van der Waals surface area contributed by atoms with Crippen molar-refractivity contribution >= 4 is 32.3 Å². The molecule has 67 heavy (non-hydrogen) atoms. The molecule has 1 aliphatic carbocycles. The molecule has 0 aliphatic heterocycles. The van der Waals surface area contributed by atoms with Gasteiger partial charge in [-0.05, 0) is 112 Å². The average Bonchev–Trinajstić information content (AvgIpc) is 3.72. The van der Waals surface area contributed by atoms with E-state index in [1.807, 2.05) is 6.07 Å². The molecular weight excluding hydrogens is 811 g/mol. The lowest BCUT2D eigenvalue weighted by Crippen LogP contribution is -2.28. The highest BCUT2D eigenvalue weighted by atomic mass is 15.0. The summed E-state index contributed by atoms with van der Waals surface area (Å²) >= 11 is 0. The summed E-state index contributed by atoms with van der Waals surface area (Å²) in [6.07, 6.45) is 0. The predicted octanol–water partition coefficient (Wildman–Crippen LogP) is 16.0. The van der Waals surface area contributed by atoms with Crippen molar-refractivity contribution in [3.63, 3.8) is 0 Å². The highest BCUT2D eigenvalue weighted by Crippen LogP contribution is 2.56. The Kier molecular flexibility index (Phi) is 9.07. The first-order valence-corrected chi connectivity index (χ1v) is 22.9. The fourth-order valence-electron chi connectivity index (χ4n) is 10.7. The SMILES string of the molecule is c1ccc(-c2cccc(-c3nc(-c4cccc(-c5ccc6c(c5)C(c5ccccc5)(c5ccccc5)c5ccccc5-6)c4)nc(-c4ccc5c6ccccc6c6ccccc6c5c4)n3)c2)cc1. The van der Waals surface area contributed by atoms with Crippen molar-refractivity contribution in [2.24, 2.45) is 0 Å². The van der Waals surface area contributed by atoms with Gasteiger partial charge in [-0.2, -0.15) is 0 Å². The van der Waals surface area contributed by atoms with Crippen LogP contribution in [0.5, 0.6) is 0 Å². The van der Waals surface area contributed by atoms with Crippen LogP contribution < -0.4 is 0 Å². The summed E-state index contributed by atoms with van der Waals surface area (Å²) < 4.78 is 0. The highest BCUT2D eigenvalue weighted by molar-refractivity contribution is 6.25. The topological polar surface area (TPSA) is 38.7 Å². The van der Waals surface area contributed by atoms with Gasteiger partial charge in [0.05, 0.1) is 5.41 Å². The zero-order chi connectivity index (χ0) is 44.3. The van der Waals surface area contributed by atoms with Crippen LogP contribution in [0.15, 0.2) is 249 Å². The molecule has 0 amide bonds. The molecule has 1 aromatic heterocycles. The third kappa shape index (κ3) is 6.31. The first-order valence-electron chi connectivity index (χ1n) is 22.9. The molecule has 0 atom stereocenters. The lowest BCUT2D eigenvalue weighted by atomic mass is 9.67. The average molecular weight is 852 g/mol. The normalized spacial score (nSPS) is 12.6. The minimum absolute atomic E-state index is 0.494. The Morgan fingerprint density at radius 3 is 1.19 bits per heavy atom. The van der Waals surface area contributed by atoms with Gasteiger partial charge in [-0.15, -0.1) is 0 Å². The van der Waals surface area contributed by atoms with Crippen molar-refractivity contribution in [1.29, 1.82) is 0 Å². The highest BCUT2D eigenvalue weighted by Gasteiger charge is 2.46. The third-order valence-electron chi connectivity index (χ3n) is 13.8. The fourth-order valence-corrected chi connectivity index (χ4v) is 10.7. The molecule has 0 N–H and O–H groups in total. The summed E-state index contributed by atoms with van der Waals surface area (Å²) in [5.74, 6) is 1.87. The summed E-state index contributed by atoms with van der Waals surface area (Å²) in [5, 5.41) is 7.29. The van der Waals surface area contributed by atoms with Crippen molar-refractivity contribution in [1.82, 2.24) is 15.0 Å². The summed E-state index contributed by atoms with van der Waals surface area (Å²) in [7, 11) is 0. The molecule has 1 aliphatic rings. The zero-order valence-corrected chi connectivity index (χ0v) is 36.5. The van der Waals surface area contributed by atoms with E-state index in [0.29, 0.717) is 17.5 Å². The molecule has 1 heterocycles. The van der Waals surface area contributed by atoms with Crippen LogP contribution in [0.1, 0.15) is 22.3 Å². The molecule has 0 spiro atoms. The molecule has 0 radical (unpaired) electrons. The number of nitrogens with zero attached hydrogens (tertiary/aromatic N) is 3. The Labute approximate surface area is 389 Å². The van der Waals surface area contributed by atoms with E-state index in [2.05, 4.69) is 243 Å². The van der Waals surface area contributed by atoms with Crippen LogP contribution in [-0.2, 0) is 5.41 Å². The maximum Gasteiger partial charge on any atom is 0.164 e. The molecular formula is C64H41N3. The maximum atomic E-state index is 5.33. The van der Waals surface area contributed by atoms with E-state index in [9.17, 15) is 0 Å². The van der Waals surface area contributed by atoms with Gasteiger partial charge < -0.3 is 0 Å². The van der Waals surface area contributed by atoms with E-state index < -0.39 is 5.41 Å². The van der Waals surface area contributed by atoms with Crippen LogP contribution in [0.3, 0.4) is 0 Å². The molecule has 3 heteroatoms. The molecule has 0 unspecified atom stereocenters. The zero-order valence-electron chi connectivity index (χ0n) is 36.5. The number of hydrogen-bond donors (Lipinski definition) is 0. The standard InChI is InChI=1S/C64H41N3/c1-4-18-42(19-5-1)43-20-16-22-46(38-43)61-65-62(67-63(66-61)48-35-36-55-53-30-11-10-28-51(53)52-29-12-13-31-54(52)58(55)40-48)47-23-17-21-44(39-47)45-34-37-57-56-32-14-15-33-59(56)64(60(57)41-45,49-24-6-2-7-25-49)50-26-8-3-9-27-50/h1-41H. The van der Waals surface area contributed by atoms with Crippen molar-refractivity contribution in [3.05, 3.63) is 271 Å². The van der Waals surface area contributed by atoms with E-state index in [1.54, 1.807) is 0 Å². The van der Waals surface area contributed by atoms with Gasteiger partial charge in [0, 0.05) is 16.7 Å². The van der Waals surface area contributed by atoms with Crippen LogP contribution in [-0.4, -0.2) is 15.0 Å². The minimum Gasteiger partial charge on any atom is -0.208 e. The predicted molar refractivity (Wildman–Crippen MR) is 277 cm³/mol. The smallest absolute Gasteiger partial charge is 0.164 e. The van der Waals surface area contributed by atoms with Gasteiger partial charge in [-0.3, -0.25) is 0 Å². The number of benzene rings is 11. The van der Waals surface area contributed by atoms with Gasteiger partial charge in [0.2, 0.25) is 0 Å². The maximum absolute atomic E-state index is 5.33. The first kappa shape index (κ1) is 38.6. The van der Waals surface area contributed by atoms with E-state index in [4.69, 9.17) is 15.0 Å². The van der Waals surface area contributed by atoms with Crippen LogP contribution in [0, 0.1) is 0 Å². The summed E-state index contributed by atoms with van der Waals surface area (Å²) in [4.78, 5) is 15.9. The van der Waals surface area contributed by atoms with Crippen LogP contribution in [0.25, 0.3) is 99.9 Å². The largest absolute Gasteiger partial charge is 0.208 e. The third-order valence-corrected chi connectivity index (χ3v) is 13.8. The summed E-state index contributed by atoms with van der Waals surface area (Å²) in [6.45, 7) is 0. The quantitative estimate of drug-likeness (QED) is 0.150. The molecule has 11 aromatic carbocycles. The van der Waals surface area contributed by atoms with Gasteiger partial charge in [-0.25, -0.2) is 15.0 Å². The van der Waals surface area contributed by atoms with Crippen LogP contribution >= 0.6 is 0 Å². The van der Waals surface area contributed by atoms with Gasteiger partial charge in [0.25, 0.3) is 0 Å². The van der Waals surface area contributed by atoms with E-state index >= 15 is 0 Å². The molecule has 0 fully saturated rings. The second-order valence-corrected chi connectivity index (χ2v) is 17.5. The summed E-state index contributed by atoms with van der Waals surface area (Å²) in [5.41, 5.74) is 14.3. The van der Waals surface area contributed by atoms with Crippen molar-refractivity contribution in [2.45, 2.75) is 5.41 Å². The molecule has 3 nitrogen and oxygen atoms in total. The summed E-state index contributed by atoms with van der Waals surface area (Å²) in [6, 6.07) is 89.5. The molecule has 0 bridgehead atoms. The van der Waals surface area contributed by atoms with Crippen LogP contribution in [0.4, 0.5) is 0 Å². The second kappa shape index (κ2) is 15.7. The van der Waals surface area contributed by atoms with Gasteiger partial charge in [0.1, 0.15) is 0 Å². The molecule has 0 saturated carbocycles. The van der Waals surface area contributed by atoms with Gasteiger partial charge in [-0.1, -0.05) is 224 Å². The molecule has 312 valence electrons. The van der Waals surface area contributed by atoms with Crippen molar-refractivity contribution < 1.29 is 0 Å². The lowest BCUT2D eigenvalue weighted by Gasteiger charge is -2.34. The second-order valence-electron chi connectivity index (χ2n) is 17.5. The Bertz CT molecular complexity index is 3790. The van der Waals surface area contributed by atoms with Crippen molar-refractivity contribution in [2.75, 3.05) is 0 Å². The minimum atomic E-state index is -0.494.